The van der Waals surface area contributed by atoms with Gasteiger partial charge in [0.15, 0.2) is 0 Å². The van der Waals surface area contributed by atoms with Crippen LogP contribution >= 0.6 is 0 Å². The average Bonchev–Trinajstić information content (AvgIpc) is 2.66. The van der Waals surface area contributed by atoms with Gasteiger partial charge in [-0.2, -0.15) is 0 Å². The van der Waals surface area contributed by atoms with Gasteiger partial charge in [-0.3, -0.25) is 0 Å². The highest BCUT2D eigenvalue weighted by molar-refractivity contribution is 5.51. The minimum Gasteiger partial charge on any atom is -0.494 e. The van der Waals surface area contributed by atoms with E-state index in [9.17, 15) is 0 Å². The second kappa shape index (κ2) is 12.1. The molecule has 0 atom stereocenters. The fraction of sp³-hybridized carbons (Fsp3) is 0.478. The highest BCUT2D eigenvalue weighted by Crippen LogP contribution is 2.20. The Morgan fingerprint density at radius 2 is 1.26 bits per heavy atom. The summed E-state index contributed by atoms with van der Waals surface area (Å²) in [6.07, 6.45) is 9.78. The molecule has 2 rings (SSSR count). The molecule has 4 N–H and O–H groups in total. The lowest BCUT2D eigenvalue weighted by atomic mass is 10.1. The second-order valence-corrected chi connectivity index (χ2v) is 7.08. The Kier molecular flexibility index (Phi) is 9.39. The number of nitrogens with two attached hydrogens (primary N) is 2. The maximum atomic E-state index is 5.86. The van der Waals surface area contributed by atoms with Gasteiger partial charge in [0.05, 0.1) is 18.9 Å². The quantitative estimate of drug-likeness (QED) is 0.348. The summed E-state index contributed by atoms with van der Waals surface area (Å²) in [5.41, 5.74) is 14.3. The Balaban J connectivity index is 1.38. The predicted molar refractivity (Wildman–Crippen MR) is 114 cm³/mol. The smallest absolute Gasteiger partial charge is 0.142 e. The van der Waals surface area contributed by atoms with Crippen LogP contribution in [-0.2, 0) is 0 Å². The summed E-state index contributed by atoms with van der Waals surface area (Å²) in [7, 11) is 0. The van der Waals surface area contributed by atoms with E-state index in [1.165, 1.54) is 38.5 Å². The van der Waals surface area contributed by atoms with Crippen molar-refractivity contribution in [3.05, 3.63) is 48.0 Å². The van der Waals surface area contributed by atoms with E-state index in [4.69, 9.17) is 20.9 Å². The van der Waals surface area contributed by atoms with Crippen LogP contribution in [-0.4, -0.2) is 13.2 Å². The number of unbranched alkanes of at least 4 members (excludes halogenated alkanes) is 7. The number of hydrogen-bond acceptors (Lipinski definition) is 4. The van der Waals surface area contributed by atoms with Gasteiger partial charge in [0, 0.05) is 5.69 Å². The largest absolute Gasteiger partial charge is 0.494 e. The molecule has 0 saturated carbocycles. The third-order valence-electron chi connectivity index (χ3n) is 4.73. The molecule has 2 aromatic carbocycles. The van der Waals surface area contributed by atoms with Crippen molar-refractivity contribution < 1.29 is 9.47 Å². The molecular weight excluding hydrogens is 336 g/mol. The van der Waals surface area contributed by atoms with Gasteiger partial charge >= 0.3 is 0 Å². The van der Waals surface area contributed by atoms with Gasteiger partial charge < -0.3 is 20.9 Å². The zero-order chi connectivity index (χ0) is 19.3. The van der Waals surface area contributed by atoms with E-state index < -0.39 is 0 Å². The normalized spacial score (nSPS) is 10.7. The fourth-order valence-electron chi connectivity index (χ4n) is 2.99. The monoisotopic (exact) mass is 370 g/mol. The van der Waals surface area contributed by atoms with Crippen LogP contribution in [0.4, 0.5) is 11.4 Å². The summed E-state index contributed by atoms with van der Waals surface area (Å²) in [5.74, 6) is 1.72. The van der Waals surface area contributed by atoms with Crippen molar-refractivity contribution in [3.8, 4) is 11.5 Å². The Labute approximate surface area is 163 Å². The van der Waals surface area contributed by atoms with E-state index >= 15 is 0 Å². The third kappa shape index (κ3) is 8.25. The van der Waals surface area contributed by atoms with Crippen molar-refractivity contribution in [2.45, 2.75) is 58.3 Å². The molecule has 0 aliphatic heterocycles. The van der Waals surface area contributed by atoms with Crippen molar-refractivity contribution in [1.82, 2.24) is 0 Å². The number of anilines is 2. The van der Waals surface area contributed by atoms with Gasteiger partial charge in [-0.1, -0.05) is 50.7 Å². The molecule has 0 aromatic heterocycles. The molecule has 0 aliphatic rings. The van der Waals surface area contributed by atoms with Gasteiger partial charge in [0.2, 0.25) is 0 Å². The first-order chi connectivity index (χ1) is 13.2. The molecule has 148 valence electrons. The van der Waals surface area contributed by atoms with E-state index in [0.717, 1.165) is 48.8 Å². The van der Waals surface area contributed by atoms with E-state index in [1.807, 2.05) is 49.4 Å². The van der Waals surface area contributed by atoms with Crippen molar-refractivity contribution in [2.75, 3.05) is 24.7 Å². The number of para-hydroxylation sites is 2. The van der Waals surface area contributed by atoms with E-state index in [-0.39, 0.29) is 0 Å². The first kappa shape index (κ1) is 20.9. The van der Waals surface area contributed by atoms with Crippen molar-refractivity contribution in [2.24, 2.45) is 0 Å². The number of nitrogen functional groups attached to an aromatic ring is 2. The zero-order valence-corrected chi connectivity index (χ0v) is 16.6. The highest BCUT2D eigenvalue weighted by Gasteiger charge is 1.99. The van der Waals surface area contributed by atoms with Crippen LogP contribution in [0.2, 0.25) is 0 Å². The van der Waals surface area contributed by atoms with Crippen LogP contribution < -0.4 is 20.9 Å². The summed E-state index contributed by atoms with van der Waals surface area (Å²) in [5, 5.41) is 0. The summed E-state index contributed by atoms with van der Waals surface area (Å²) >= 11 is 0. The molecule has 0 unspecified atom stereocenters. The molecule has 0 amide bonds. The number of benzene rings is 2. The topological polar surface area (TPSA) is 70.5 Å². The molecule has 4 nitrogen and oxygen atoms in total. The molecule has 0 heterocycles. The van der Waals surface area contributed by atoms with Crippen LogP contribution in [0.15, 0.2) is 42.5 Å². The van der Waals surface area contributed by atoms with Crippen molar-refractivity contribution >= 4 is 11.4 Å². The molecule has 0 spiro atoms. The Bertz CT molecular complexity index is 673. The Morgan fingerprint density at radius 3 is 1.89 bits per heavy atom. The molecule has 0 fully saturated rings. The van der Waals surface area contributed by atoms with Crippen molar-refractivity contribution in [1.29, 1.82) is 0 Å². The number of hydrogen-bond donors (Lipinski definition) is 2. The maximum Gasteiger partial charge on any atom is 0.142 e. The average molecular weight is 371 g/mol. The Morgan fingerprint density at radius 1 is 0.667 bits per heavy atom. The van der Waals surface area contributed by atoms with Crippen molar-refractivity contribution in [3.63, 3.8) is 0 Å². The highest BCUT2D eigenvalue weighted by atomic mass is 16.5. The standard InChI is InChI=1S/C23H34N2O2/c1-19-18-20(14-15-21(19)24)26-16-10-6-4-2-3-5-7-11-17-27-23-13-9-8-12-22(23)25/h8-9,12-15,18H,2-7,10-11,16-17,24-25H2,1H3. The third-order valence-corrected chi connectivity index (χ3v) is 4.73. The molecule has 0 radical (unpaired) electrons. The molecule has 0 bridgehead atoms. The molecule has 4 heteroatoms. The lowest BCUT2D eigenvalue weighted by Crippen LogP contribution is -2.00. The lowest BCUT2D eigenvalue weighted by Gasteiger charge is -2.09. The minimum atomic E-state index is 0.716. The van der Waals surface area contributed by atoms with Crippen LogP contribution in [0, 0.1) is 6.92 Å². The Hall–Kier alpha value is -2.36. The molecule has 2 aromatic rings. The summed E-state index contributed by atoms with van der Waals surface area (Å²) in [4.78, 5) is 0. The maximum absolute atomic E-state index is 5.86. The van der Waals surface area contributed by atoms with Crippen LogP contribution in [0.25, 0.3) is 0 Å². The number of aryl methyl sites for hydroxylation is 1. The van der Waals surface area contributed by atoms with Gasteiger partial charge in [-0.15, -0.1) is 0 Å². The van der Waals surface area contributed by atoms with E-state index in [2.05, 4.69) is 0 Å². The van der Waals surface area contributed by atoms with Crippen LogP contribution in [0.1, 0.15) is 56.9 Å². The predicted octanol–water partition coefficient (Wildman–Crippen LogP) is 5.74. The minimum absolute atomic E-state index is 0.716. The van der Waals surface area contributed by atoms with Crippen LogP contribution in [0.5, 0.6) is 11.5 Å². The lowest BCUT2D eigenvalue weighted by molar-refractivity contribution is 0.301. The van der Waals surface area contributed by atoms with E-state index in [0.29, 0.717) is 5.69 Å². The first-order valence-electron chi connectivity index (χ1n) is 10.1. The number of ether oxygens (including phenoxy) is 2. The molecule has 0 saturated heterocycles. The van der Waals surface area contributed by atoms with E-state index in [1.54, 1.807) is 0 Å². The second-order valence-electron chi connectivity index (χ2n) is 7.08. The fourth-order valence-corrected chi connectivity index (χ4v) is 2.99. The zero-order valence-electron chi connectivity index (χ0n) is 16.6. The van der Waals surface area contributed by atoms with Gasteiger partial charge in [0.1, 0.15) is 11.5 Å². The van der Waals surface area contributed by atoms with Gasteiger partial charge in [0.25, 0.3) is 0 Å². The molecule has 27 heavy (non-hydrogen) atoms. The summed E-state index contributed by atoms with van der Waals surface area (Å²) in [6, 6.07) is 13.5. The first-order valence-corrected chi connectivity index (χ1v) is 10.1. The van der Waals surface area contributed by atoms with Crippen LogP contribution in [0.3, 0.4) is 0 Å². The molecular formula is C23H34N2O2. The van der Waals surface area contributed by atoms with Gasteiger partial charge in [-0.25, -0.2) is 0 Å². The summed E-state index contributed by atoms with van der Waals surface area (Å²) < 4.78 is 11.5. The molecule has 0 aliphatic carbocycles. The van der Waals surface area contributed by atoms with Gasteiger partial charge in [-0.05, 0) is 55.7 Å². The SMILES string of the molecule is Cc1cc(OCCCCCCCCCCOc2ccccc2N)ccc1N. The summed E-state index contributed by atoms with van der Waals surface area (Å²) in [6.45, 7) is 3.53. The number of rotatable bonds is 13.